The molecule has 28 heavy (non-hydrogen) atoms. The van der Waals surface area contributed by atoms with Gasteiger partial charge >= 0.3 is 0 Å². The van der Waals surface area contributed by atoms with Gasteiger partial charge in [0.1, 0.15) is 24.1 Å². The number of nitrogens with one attached hydrogen (secondary N) is 1. The quantitative estimate of drug-likeness (QED) is 0.683. The number of para-hydroxylation sites is 1. The lowest BCUT2D eigenvalue weighted by atomic mass is 10.1. The van der Waals surface area contributed by atoms with Crippen molar-refractivity contribution in [2.45, 2.75) is 12.6 Å². The van der Waals surface area contributed by atoms with Gasteiger partial charge in [-0.3, -0.25) is 9.78 Å². The standard InChI is InChI=1S/C22H19N3O3/c1-27-21-10-3-2-9-19(21)20(13-23)25-22(26)17-7-4-8-18(12-17)28-15-16-6-5-11-24-14-16/h2-12,14,20H,15H2,1H3,(H,25,26). The van der Waals surface area contributed by atoms with E-state index >= 15 is 0 Å². The predicted molar refractivity (Wildman–Crippen MR) is 104 cm³/mol. The molecule has 0 bridgehead atoms. The van der Waals surface area contributed by atoms with Gasteiger partial charge in [0.2, 0.25) is 0 Å². The maximum absolute atomic E-state index is 12.6. The number of ether oxygens (including phenoxy) is 2. The number of nitriles is 1. The number of benzene rings is 2. The van der Waals surface area contributed by atoms with Crippen molar-refractivity contribution in [3.63, 3.8) is 0 Å². The first-order valence-electron chi connectivity index (χ1n) is 8.66. The average molecular weight is 373 g/mol. The van der Waals surface area contributed by atoms with Crippen LogP contribution in [0, 0.1) is 11.3 Å². The summed E-state index contributed by atoms with van der Waals surface area (Å²) in [6.07, 6.45) is 3.42. The first-order valence-corrected chi connectivity index (χ1v) is 8.66. The summed E-state index contributed by atoms with van der Waals surface area (Å²) in [6, 6.07) is 18.9. The van der Waals surface area contributed by atoms with Gasteiger partial charge in [0, 0.05) is 29.1 Å². The van der Waals surface area contributed by atoms with Gasteiger partial charge in [-0.1, -0.05) is 30.3 Å². The highest BCUT2D eigenvalue weighted by Gasteiger charge is 2.18. The molecule has 3 rings (SSSR count). The van der Waals surface area contributed by atoms with Crippen LogP contribution >= 0.6 is 0 Å². The van der Waals surface area contributed by atoms with E-state index < -0.39 is 6.04 Å². The van der Waals surface area contributed by atoms with Crippen LogP contribution in [0.1, 0.15) is 27.5 Å². The van der Waals surface area contributed by atoms with Crippen LogP contribution < -0.4 is 14.8 Å². The summed E-state index contributed by atoms with van der Waals surface area (Å²) in [5, 5.41) is 12.2. The second-order valence-electron chi connectivity index (χ2n) is 5.96. The van der Waals surface area contributed by atoms with Crippen LogP contribution in [0.15, 0.2) is 73.1 Å². The van der Waals surface area contributed by atoms with Crippen molar-refractivity contribution in [1.29, 1.82) is 5.26 Å². The Morgan fingerprint density at radius 1 is 1.18 bits per heavy atom. The zero-order chi connectivity index (χ0) is 19.8. The minimum Gasteiger partial charge on any atom is -0.496 e. The lowest BCUT2D eigenvalue weighted by molar-refractivity contribution is 0.0944. The van der Waals surface area contributed by atoms with Gasteiger partial charge in [-0.15, -0.1) is 0 Å². The maximum atomic E-state index is 12.6. The third-order valence-electron chi connectivity index (χ3n) is 4.08. The van der Waals surface area contributed by atoms with Gasteiger partial charge in [-0.05, 0) is 30.3 Å². The number of nitrogens with zero attached hydrogens (tertiary/aromatic N) is 2. The molecule has 0 aliphatic heterocycles. The highest BCUT2D eigenvalue weighted by molar-refractivity contribution is 5.95. The van der Waals surface area contributed by atoms with Crippen molar-refractivity contribution in [2.75, 3.05) is 7.11 Å². The van der Waals surface area contributed by atoms with Crippen LogP contribution in [0.3, 0.4) is 0 Å². The van der Waals surface area contributed by atoms with Crippen molar-refractivity contribution < 1.29 is 14.3 Å². The molecule has 0 fully saturated rings. The minimum atomic E-state index is -0.830. The van der Waals surface area contributed by atoms with Crippen LogP contribution in [-0.2, 0) is 6.61 Å². The molecule has 3 aromatic rings. The molecule has 0 aliphatic carbocycles. The number of hydrogen-bond donors (Lipinski definition) is 1. The monoisotopic (exact) mass is 373 g/mol. The van der Waals surface area contributed by atoms with Gasteiger partial charge < -0.3 is 14.8 Å². The van der Waals surface area contributed by atoms with E-state index in [1.165, 1.54) is 7.11 Å². The maximum Gasteiger partial charge on any atom is 0.252 e. The summed E-state index contributed by atoms with van der Waals surface area (Å²) in [5.41, 5.74) is 1.93. The van der Waals surface area contributed by atoms with Gasteiger partial charge in [0.15, 0.2) is 0 Å². The molecule has 0 saturated heterocycles. The molecule has 1 unspecified atom stereocenters. The van der Waals surface area contributed by atoms with Crippen LogP contribution in [-0.4, -0.2) is 18.0 Å². The molecule has 6 heteroatoms. The molecule has 6 nitrogen and oxygen atoms in total. The number of carbonyl (C=O) groups is 1. The normalized spacial score (nSPS) is 11.1. The van der Waals surface area contributed by atoms with Crippen molar-refractivity contribution in [3.05, 3.63) is 89.7 Å². The van der Waals surface area contributed by atoms with Crippen molar-refractivity contribution >= 4 is 5.91 Å². The van der Waals surface area contributed by atoms with Gasteiger partial charge in [0.25, 0.3) is 5.91 Å². The topological polar surface area (TPSA) is 84.2 Å². The molecular formula is C22H19N3O3. The highest BCUT2D eigenvalue weighted by Crippen LogP contribution is 2.25. The second kappa shape index (κ2) is 9.19. The van der Waals surface area contributed by atoms with Crippen molar-refractivity contribution in [1.82, 2.24) is 10.3 Å². The Morgan fingerprint density at radius 3 is 2.79 bits per heavy atom. The number of hydrogen-bond acceptors (Lipinski definition) is 5. The predicted octanol–water partition coefficient (Wildman–Crippen LogP) is 3.66. The summed E-state index contributed by atoms with van der Waals surface area (Å²) in [7, 11) is 1.53. The number of pyridine rings is 1. The van der Waals surface area contributed by atoms with Crippen LogP contribution in [0.5, 0.6) is 11.5 Å². The number of amides is 1. The molecule has 140 valence electrons. The Bertz CT molecular complexity index is 984. The molecule has 0 aliphatic rings. The second-order valence-corrected chi connectivity index (χ2v) is 5.96. The van der Waals surface area contributed by atoms with Crippen molar-refractivity contribution in [3.8, 4) is 17.6 Å². The molecule has 1 N–H and O–H groups in total. The number of methoxy groups -OCH3 is 1. The van der Waals surface area contributed by atoms with Crippen molar-refractivity contribution in [2.24, 2.45) is 0 Å². The highest BCUT2D eigenvalue weighted by atomic mass is 16.5. The van der Waals surface area contributed by atoms with E-state index in [0.717, 1.165) is 5.56 Å². The molecular weight excluding hydrogens is 354 g/mol. The summed E-state index contributed by atoms with van der Waals surface area (Å²) in [6.45, 7) is 0.348. The smallest absolute Gasteiger partial charge is 0.252 e. The third kappa shape index (κ3) is 4.65. The molecule has 1 heterocycles. The Morgan fingerprint density at radius 2 is 2.04 bits per heavy atom. The minimum absolute atomic E-state index is 0.348. The van der Waals surface area contributed by atoms with Gasteiger partial charge in [-0.25, -0.2) is 0 Å². The van der Waals surface area contributed by atoms with E-state index in [2.05, 4.69) is 16.4 Å². The number of carbonyl (C=O) groups excluding carboxylic acids is 1. The first-order chi connectivity index (χ1) is 13.7. The Balaban J connectivity index is 1.71. The SMILES string of the molecule is COc1ccccc1C(C#N)NC(=O)c1cccc(OCc2cccnc2)c1. The molecule has 1 amide bonds. The van der Waals surface area contributed by atoms with Crippen LogP contribution in [0.25, 0.3) is 0 Å². The van der Waals surface area contributed by atoms with E-state index in [9.17, 15) is 10.1 Å². The third-order valence-corrected chi connectivity index (χ3v) is 4.08. The van der Waals surface area contributed by atoms with Gasteiger partial charge in [-0.2, -0.15) is 5.26 Å². The first kappa shape index (κ1) is 18.9. The molecule has 1 aromatic heterocycles. The molecule has 1 atom stereocenters. The number of rotatable bonds is 7. The fourth-order valence-electron chi connectivity index (χ4n) is 2.68. The zero-order valence-electron chi connectivity index (χ0n) is 15.3. The lowest BCUT2D eigenvalue weighted by Crippen LogP contribution is -2.27. The Labute approximate surface area is 163 Å². The summed E-state index contributed by atoms with van der Waals surface area (Å²) in [5.74, 6) is 0.731. The molecule has 0 radical (unpaired) electrons. The van der Waals surface area contributed by atoms with Crippen LogP contribution in [0.4, 0.5) is 0 Å². The summed E-state index contributed by atoms with van der Waals surface area (Å²) < 4.78 is 11.0. The summed E-state index contributed by atoms with van der Waals surface area (Å²) >= 11 is 0. The number of aromatic nitrogens is 1. The van der Waals surface area contributed by atoms with E-state index in [-0.39, 0.29) is 5.91 Å². The average Bonchev–Trinajstić information content (AvgIpc) is 2.76. The largest absolute Gasteiger partial charge is 0.496 e. The Kier molecular flexibility index (Phi) is 6.21. The Hall–Kier alpha value is -3.85. The summed E-state index contributed by atoms with van der Waals surface area (Å²) in [4.78, 5) is 16.7. The van der Waals surface area contributed by atoms with Gasteiger partial charge in [0.05, 0.1) is 13.2 Å². The fourth-order valence-corrected chi connectivity index (χ4v) is 2.68. The molecule has 0 saturated carbocycles. The molecule has 2 aromatic carbocycles. The van der Waals surface area contributed by atoms with E-state index in [4.69, 9.17) is 9.47 Å². The fraction of sp³-hybridized carbons (Fsp3) is 0.136. The zero-order valence-corrected chi connectivity index (χ0v) is 15.3. The van der Waals surface area contributed by atoms with E-state index in [1.54, 1.807) is 54.9 Å². The van der Waals surface area contributed by atoms with E-state index in [1.807, 2.05) is 18.2 Å². The lowest BCUT2D eigenvalue weighted by Gasteiger charge is -2.15. The van der Waals surface area contributed by atoms with E-state index in [0.29, 0.717) is 29.2 Å². The van der Waals surface area contributed by atoms with Crippen LogP contribution in [0.2, 0.25) is 0 Å². The molecule has 0 spiro atoms.